The minimum absolute atomic E-state index is 0.0341. The summed E-state index contributed by atoms with van der Waals surface area (Å²) in [6, 6.07) is 13.4. The number of nitrogens with zero attached hydrogens (tertiary/aromatic N) is 2. The molecule has 2 nitrogen and oxygen atoms in total. The standard InChI is InChI=1S/C16H26N2Si/c1-6-10-16(13-17)18(19(3,4)5)14(2)15-11-8-7-9-12-15/h7-9,11-12,14,16H,6,10H2,1-5H3. The maximum absolute atomic E-state index is 9.52. The lowest BCUT2D eigenvalue weighted by Gasteiger charge is -2.42. The normalized spacial score (nSPS) is 15.0. The molecule has 0 saturated heterocycles. The van der Waals surface area contributed by atoms with Gasteiger partial charge in [-0.2, -0.15) is 5.26 Å². The molecule has 2 unspecified atom stereocenters. The van der Waals surface area contributed by atoms with Gasteiger partial charge < -0.3 is 4.57 Å². The first-order valence-electron chi connectivity index (χ1n) is 7.14. The Morgan fingerprint density at radius 1 is 1.21 bits per heavy atom. The van der Waals surface area contributed by atoms with E-state index in [2.05, 4.69) is 68.4 Å². The molecule has 0 aliphatic rings. The minimum Gasteiger partial charge on any atom is -0.303 e. The third-order valence-corrected chi connectivity index (χ3v) is 5.77. The van der Waals surface area contributed by atoms with E-state index in [0.29, 0.717) is 6.04 Å². The molecule has 0 saturated carbocycles. The number of benzene rings is 1. The second kappa shape index (κ2) is 6.88. The molecule has 0 heterocycles. The van der Waals surface area contributed by atoms with Crippen LogP contribution in [0.3, 0.4) is 0 Å². The summed E-state index contributed by atoms with van der Waals surface area (Å²) in [5, 5.41) is 9.52. The Morgan fingerprint density at radius 2 is 1.79 bits per heavy atom. The van der Waals surface area contributed by atoms with Crippen molar-refractivity contribution in [2.45, 2.75) is 58.4 Å². The Hall–Kier alpha value is -1.11. The molecular formula is C16H26N2Si. The Labute approximate surface area is 119 Å². The monoisotopic (exact) mass is 274 g/mol. The zero-order valence-corrected chi connectivity index (χ0v) is 13.9. The lowest BCUT2D eigenvalue weighted by Crippen LogP contribution is -2.52. The van der Waals surface area contributed by atoms with Crippen LogP contribution in [0, 0.1) is 11.3 Å². The van der Waals surface area contributed by atoms with Crippen molar-refractivity contribution >= 4 is 8.24 Å². The van der Waals surface area contributed by atoms with Crippen LogP contribution in [0.4, 0.5) is 0 Å². The third-order valence-electron chi connectivity index (χ3n) is 3.52. The molecule has 2 atom stereocenters. The smallest absolute Gasteiger partial charge is 0.121 e. The molecular weight excluding hydrogens is 248 g/mol. The number of hydrogen-bond donors (Lipinski definition) is 0. The molecule has 0 radical (unpaired) electrons. The topological polar surface area (TPSA) is 27.0 Å². The van der Waals surface area contributed by atoms with E-state index < -0.39 is 8.24 Å². The van der Waals surface area contributed by atoms with Gasteiger partial charge >= 0.3 is 0 Å². The first kappa shape index (κ1) is 15.9. The lowest BCUT2D eigenvalue weighted by atomic mass is 10.1. The van der Waals surface area contributed by atoms with Crippen molar-refractivity contribution in [3.05, 3.63) is 35.9 Å². The molecule has 0 spiro atoms. The molecule has 0 amide bonds. The number of hydrogen-bond acceptors (Lipinski definition) is 2. The summed E-state index contributed by atoms with van der Waals surface area (Å²) < 4.78 is 2.48. The van der Waals surface area contributed by atoms with E-state index in [9.17, 15) is 5.26 Å². The van der Waals surface area contributed by atoms with Gasteiger partial charge in [-0.3, -0.25) is 0 Å². The van der Waals surface area contributed by atoms with Crippen molar-refractivity contribution in [3.8, 4) is 6.07 Å². The van der Waals surface area contributed by atoms with Crippen molar-refractivity contribution < 1.29 is 0 Å². The van der Waals surface area contributed by atoms with Gasteiger partial charge in [0.1, 0.15) is 8.24 Å². The van der Waals surface area contributed by atoms with Crippen molar-refractivity contribution in [1.82, 2.24) is 4.57 Å². The highest BCUT2D eigenvalue weighted by atomic mass is 28.3. The summed E-state index contributed by atoms with van der Waals surface area (Å²) in [5.41, 5.74) is 1.31. The fourth-order valence-electron chi connectivity index (χ4n) is 2.75. The largest absolute Gasteiger partial charge is 0.303 e. The van der Waals surface area contributed by atoms with Crippen molar-refractivity contribution in [2.24, 2.45) is 0 Å². The highest BCUT2D eigenvalue weighted by Crippen LogP contribution is 2.29. The van der Waals surface area contributed by atoms with Gasteiger partial charge in [-0.05, 0) is 18.9 Å². The Bertz CT molecular complexity index is 417. The van der Waals surface area contributed by atoms with E-state index in [1.165, 1.54) is 5.56 Å². The molecule has 0 aromatic heterocycles. The van der Waals surface area contributed by atoms with Crippen molar-refractivity contribution in [1.29, 1.82) is 5.26 Å². The zero-order chi connectivity index (χ0) is 14.5. The average Bonchev–Trinajstić information content (AvgIpc) is 2.37. The fraction of sp³-hybridized carbons (Fsp3) is 0.562. The minimum atomic E-state index is -1.54. The van der Waals surface area contributed by atoms with E-state index in [1.807, 2.05) is 6.07 Å². The van der Waals surface area contributed by atoms with Gasteiger partial charge in [0.25, 0.3) is 0 Å². The summed E-state index contributed by atoms with van der Waals surface area (Å²) >= 11 is 0. The molecule has 19 heavy (non-hydrogen) atoms. The summed E-state index contributed by atoms with van der Waals surface area (Å²) in [6.07, 6.45) is 2.01. The number of rotatable bonds is 6. The Balaban J connectivity index is 3.08. The second-order valence-corrected chi connectivity index (χ2v) is 11.0. The van der Waals surface area contributed by atoms with Gasteiger partial charge in [-0.25, -0.2) is 0 Å². The molecule has 104 valence electrons. The van der Waals surface area contributed by atoms with Crippen molar-refractivity contribution in [2.75, 3.05) is 0 Å². The fourth-order valence-corrected chi connectivity index (χ4v) is 5.18. The van der Waals surface area contributed by atoms with Crippen LogP contribution in [0.15, 0.2) is 30.3 Å². The predicted molar refractivity (Wildman–Crippen MR) is 84.4 cm³/mol. The molecule has 0 aliphatic carbocycles. The van der Waals surface area contributed by atoms with Gasteiger partial charge in [0, 0.05) is 6.04 Å². The van der Waals surface area contributed by atoms with E-state index in [1.54, 1.807) is 0 Å². The van der Waals surface area contributed by atoms with Crippen LogP contribution in [0.1, 0.15) is 38.3 Å². The first-order valence-corrected chi connectivity index (χ1v) is 10.6. The van der Waals surface area contributed by atoms with Crippen LogP contribution in [-0.4, -0.2) is 18.8 Å². The van der Waals surface area contributed by atoms with Gasteiger partial charge in [-0.15, -0.1) is 0 Å². The Morgan fingerprint density at radius 3 is 2.21 bits per heavy atom. The van der Waals surface area contributed by atoms with Gasteiger partial charge in [0.2, 0.25) is 0 Å². The van der Waals surface area contributed by atoms with Crippen LogP contribution in [0.5, 0.6) is 0 Å². The molecule has 1 aromatic rings. The van der Waals surface area contributed by atoms with Crippen LogP contribution in [-0.2, 0) is 0 Å². The number of nitriles is 1. The lowest BCUT2D eigenvalue weighted by molar-refractivity contribution is 0.284. The van der Waals surface area contributed by atoms with Crippen LogP contribution in [0.25, 0.3) is 0 Å². The quantitative estimate of drug-likeness (QED) is 0.710. The summed E-state index contributed by atoms with van der Waals surface area (Å²) in [4.78, 5) is 0. The maximum Gasteiger partial charge on any atom is 0.121 e. The van der Waals surface area contributed by atoms with Crippen LogP contribution in [0.2, 0.25) is 19.6 Å². The molecule has 0 aliphatic heterocycles. The zero-order valence-electron chi connectivity index (χ0n) is 12.9. The summed E-state index contributed by atoms with van der Waals surface area (Å²) in [6.45, 7) is 11.4. The molecule has 3 heteroatoms. The van der Waals surface area contributed by atoms with E-state index in [4.69, 9.17) is 0 Å². The predicted octanol–water partition coefficient (Wildman–Crippen LogP) is 4.58. The van der Waals surface area contributed by atoms with E-state index in [0.717, 1.165) is 12.8 Å². The van der Waals surface area contributed by atoms with Gasteiger partial charge in [0.15, 0.2) is 0 Å². The SMILES string of the molecule is CCCC(C#N)N(C(C)c1ccccc1)[Si](C)(C)C. The van der Waals surface area contributed by atoms with E-state index >= 15 is 0 Å². The van der Waals surface area contributed by atoms with Crippen molar-refractivity contribution in [3.63, 3.8) is 0 Å². The average molecular weight is 274 g/mol. The second-order valence-electron chi connectivity index (χ2n) is 6.10. The van der Waals surface area contributed by atoms with Gasteiger partial charge in [-0.1, -0.05) is 63.3 Å². The van der Waals surface area contributed by atoms with E-state index in [-0.39, 0.29) is 6.04 Å². The molecule has 0 fully saturated rings. The molecule has 1 rings (SSSR count). The first-order chi connectivity index (χ1) is 8.91. The summed E-state index contributed by atoms with van der Waals surface area (Å²) in [7, 11) is -1.54. The molecule has 0 N–H and O–H groups in total. The summed E-state index contributed by atoms with van der Waals surface area (Å²) in [5.74, 6) is 0. The third kappa shape index (κ3) is 4.19. The molecule has 1 aromatic carbocycles. The highest BCUT2D eigenvalue weighted by molar-refractivity contribution is 6.73. The van der Waals surface area contributed by atoms with Gasteiger partial charge in [0.05, 0.1) is 12.1 Å². The highest BCUT2D eigenvalue weighted by Gasteiger charge is 2.34. The van der Waals surface area contributed by atoms with Crippen LogP contribution >= 0.6 is 0 Å². The Kier molecular flexibility index (Phi) is 5.77. The van der Waals surface area contributed by atoms with Crippen LogP contribution < -0.4 is 0 Å². The maximum atomic E-state index is 9.52. The molecule has 0 bridgehead atoms.